The molecule has 0 fully saturated rings. The second-order valence-electron chi connectivity index (χ2n) is 13.1. The van der Waals surface area contributed by atoms with Crippen LogP contribution in [0.4, 0.5) is 0 Å². The van der Waals surface area contributed by atoms with Crippen molar-refractivity contribution < 1.29 is 4.42 Å². The molecule has 3 nitrogen and oxygen atoms in total. The highest BCUT2D eigenvalue weighted by atomic mass is 16.3. The van der Waals surface area contributed by atoms with E-state index in [0.29, 0.717) is 11.8 Å². The lowest BCUT2D eigenvalue weighted by Crippen LogP contribution is -2.24. The molecule has 43 heavy (non-hydrogen) atoms. The lowest BCUT2D eigenvalue weighted by Gasteiger charge is -2.29. The maximum atomic E-state index is 10.0. The topological polar surface area (TPSA) is 41.9 Å². The summed E-state index contributed by atoms with van der Waals surface area (Å²) in [4.78, 5) is 0. The van der Waals surface area contributed by atoms with Crippen molar-refractivity contribution in [1.29, 1.82) is 5.26 Å². The Morgan fingerprint density at radius 2 is 1.65 bits per heavy atom. The zero-order chi connectivity index (χ0) is 28.9. The highest BCUT2D eigenvalue weighted by Gasteiger charge is 2.45. The number of para-hydroxylation sites is 2. The summed E-state index contributed by atoms with van der Waals surface area (Å²) in [5, 5.41) is 13.8. The van der Waals surface area contributed by atoms with E-state index in [1.54, 1.807) is 0 Å². The summed E-state index contributed by atoms with van der Waals surface area (Å²) >= 11 is 0. The Bertz CT molecular complexity index is 2160. The number of aromatic nitrogens is 1. The molecule has 0 saturated carbocycles. The van der Waals surface area contributed by atoms with E-state index in [1.165, 1.54) is 49.5 Å². The highest BCUT2D eigenvalue weighted by Crippen LogP contribution is 2.55. The van der Waals surface area contributed by atoms with Crippen LogP contribution in [0, 0.1) is 17.2 Å². The Morgan fingerprint density at radius 3 is 2.42 bits per heavy atom. The summed E-state index contributed by atoms with van der Waals surface area (Å²) < 4.78 is 9.08. The first-order chi connectivity index (χ1) is 21.0. The molecule has 0 spiro atoms. The number of fused-ring (bicyclic) bond motifs is 9. The Kier molecular flexibility index (Phi) is 5.10. The maximum absolute atomic E-state index is 10.0. The number of nitrogens with zero attached hydrogens (tertiary/aromatic N) is 2. The van der Waals surface area contributed by atoms with Gasteiger partial charge < -0.3 is 8.98 Å². The molecule has 0 amide bonds. The molecule has 3 aromatic carbocycles. The number of allylic oxidation sites excluding steroid dienone is 9. The van der Waals surface area contributed by atoms with Crippen LogP contribution in [-0.2, 0) is 5.41 Å². The van der Waals surface area contributed by atoms with Crippen LogP contribution in [0.1, 0.15) is 67.4 Å². The van der Waals surface area contributed by atoms with Gasteiger partial charge in [-0.15, -0.1) is 0 Å². The molecule has 5 aromatic rings. The highest BCUT2D eigenvalue weighted by molar-refractivity contribution is 6.10. The van der Waals surface area contributed by atoms with Crippen molar-refractivity contribution in [2.75, 3.05) is 0 Å². The Labute approximate surface area is 251 Å². The predicted octanol–water partition coefficient (Wildman–Crippen LogP) is 10.3. The molecule has 208 valence electrons. The minimum absolute atomic E-state index is 0.0477. The van der Waals surface area contributed by atoms with Crippen molar-refractivity contribution in [2.45, 2.75) is 50.4 Å². The molecule has 3 heteroatoms. The molecule has 9 rings (SSSR count). The fourth-order valence-electron chi connectivity index (χ4n) is 8.59. The summed E-state index contributed by atoms with van der Waals surface area (Å²) in [7, 11) is 0. The third kappa shape index (κ3) is 3.35. The number of benzene rings is 3. The van der Waals surface area contributed by atoms with Crippen LogP contribution >= 0.6 is 0 Å². The van der Waals surface area contributed by atoms with Crippen LogP contribution in [-0.4, -0.2) is 4.57 Å². The first-order valence-corrected chi connectivity index (χ1v) is 15.5. The van der Waals surface area contributed by atoms with Gasteiger partial charge in [-0.3, -0.25) is 0 Å². The first kappa shape index (κ1) is 24.8. The van der Waals surface area contributed by atoms with Crippen molar-refractivity contribution in [3.8, 4) is 6.07 Å². The largest absolute Gasteiger partial charge is 0.456 e. The third-order valence-corrected chi connectivity index (χ3v) is 10.6. The minimum Gasteiger partial charge on any atom is -0.456 e. The van der Waals surface area contributed by atoms with E-state index in [1.807, 2.05) is 0 Å². The van der Waals surface area contributed by atoms with Crippen molar-refractivity contribution in [3.05, 3.63) is 131 Å². The number of rotatable bonds is 2. The molecule has 0 bridgehead atoms. The Balaban J connectivity index is 1.30. The van der Waals surface area contributed by atoms with Gasteiger partial charge in [-0.05, 0) is 83.7 Å². The first-order valence-electron chi connectivity index (χ1n) is 15.5. The number of furan rings is 1. The van der Waals surface area contributed by atoms with E-state index in [-0.39, 0.29) is 11.3 Å². The van der Waals surface area contributed by atoms with Crippen molar-refractivity contribution >= 4 is 44.5 Å². The maximum Gasteiger partial charge on any atom is 0.135 e. The fourth-order valence-corrected chi connectivity index (χ4v) is 8.59. The average molecular weight is 557 g/mol. The lowest BCUT2D eigenvalue weighted by molar-refractivity contribution is 0.394. The van der Waals surface area contributed by atoms with E-state index in [2.05, 4.69) is 128 Å². The Hall–Kier alpha value is -4.81. The van der Waals surface area contributed by atoms with E-state index >= 15 is 0 Å². The smallest absolute Gasteiger partial charge is 0.135 e. The second-order valence-corrected chi connectivity index (χ2v) is 13.1. The van der Waals surface area contributed by atoms with Gasteiger partial charge in [0.15, 0.2) is 0 Å². The summed E-state index contributed by atoms with van der Waals surface area (Å²) in [6.07, 6.45) is 18.3. The molecule has 4 aliphatic carbocycles. The van der Waals surface area contributed by atoms with Crippen LogP contribution in [0.5, 0.6) is 0 Å². The quantitative estimate of drug-likeness (QED) is 0.217. The standard InChI is InChI=1S/C40H32N2O/c1-40(2)32-14-6-3-10-25(32)30-21-31-38(22-33(30)40)43-37-17-9-13-29(39(31)37)28-19-18-24(23-41)20-36(28)42-34-15-7-4-11-26(34)27-12-5-8-16-35(27)42/h3-12,14-17,20-22,25,29,32H,13,18-19H2,1-2H3/t25?,29-,32?/m0/s1. The molecule has 4 aliphatic rings. The van der Waals surface area contributed by atoms with Gasteiger partial charge in [-0.2, -0.15) is 5.26 Å². The van der Waals surface area contributed by atoms with Crippen molar-refractivity contribution in [2.24, 2.45) is 5.92 Å². The summed E-state index contributed by atoms with van der Waals surface area (Å²) in [5.74, 6) is 2.01. The van der Waals surface area contributed by atoms with Crippen LogP contribution < -0.4 is 0 Å². The van der Waals surface area contributed by atoms with Crippen LogP contribution in [0.3, 0.4) is 0 Å². The summed E-state index contributed by atoms with van der Waals surface area (Å²) in [6.45, 7) is 4.75. The van der Waals surface area contributed by atoms with Gasteiger partial charge in [0.05, 0.1) is 17.1 Å². The van der Waals surface area contributed by atoms with Gasteiger partial charge in [0.2, 0.25) is 0 Å². The molecule has 0 saturated heterocycles. The van der Waals surface area contributed by atoms with Gasteiger partial charge in [0.1, 0.15) is 11.3 Å². The van der Waals surface area contributed by atoms with Crippen molar-refractivity contribution in [1.82, 2.24) is 4.57 Å². The van der Waals surface area contributed by atoms with Gasteiger partial charge in [-0.1, -0.05) is 80.6 Å². The Morgan fingerprint density at radius 1 is 0.907 bits per heavy atom. The molecule has 2 heterocycles. The van der Waals surface area contributed by atoms with Crippen LogP contribution in [0.15, 0.2) is 113 Å². The summed E-state index contributed by atoms with van der Waals surface area (Å²) in [6, 6.07) is 24.6. The van der Waals surface area contributed by atoms with Gasteiger partial charge in [0.25, 0.3) is 0 Å². The summed E-state index contributed by atoms with van der Waals surface area (Å²) in [5.41, 5.74) is 10.9. The number of nitriles is 1. The zero-order valence-electron chi connectivity index (χ0n) is 24.5. The monoisotopic (exact) mass is 556 g/mol. The molecule has 2 aromatic heterocycles. The molecule has 0 aliphatic heterocycles. The van der Waals surface area contributed by atoms with Crippen molar-refractivity contribution in [3.63, 3.8) is 0 Å². The molecular weight excluding hydrogens is 524 g/mol. The van der Waals surface area contributed by atoms with E-state index in [9.17, 15) is 5.26 Å². The van der Waals surface area contributed by atoms with Crippen LogP contribution in [0.2, 0.25) is 0 Å². The van der Waals surface area contributed by atoms with E-state index in [0.717, 1.165) is 41.9 Å². The van der Waals surface area contributed by atoms with Gasteiger partial charge >= 0.3 is 0 Å². The second kappa shape index (κ2) is 8.85. The molecule has 0 radical (unpaired) electrons. The minimum atomic E-state index is 0.0477. The SMILES string of the molecule is CC1(C)c2cc3oc4c(c3cc2C2C=CC=CC21)[C@H](C1=C(n2c3ccccc3c3ccccc32)C=C(C#N)CC1)CC=C4. The van der Waals surface area contributed by atoms with E-state index in [4.69, 9.17) is 4.42 Å². The molecular formula is C40H32N2O. The fraction of sp³-hybridized carbons (Fsp3) is 0.225. The third-order valence-electron chi connectivity index (χ3n) is 10.6. The number of hydrogen-bond donors (Lipinski definition) is 0. The van der Waals surface area contributed by atoms with Gasteiger partial charge in [-0.25, -0.2) is 0 Å². The molecule has 3 atom stereocenters. The normalized spacial score (nSPS) is 23.5. The zero-order valence-corrected chi connectivity index (χ0v) is 24.5. The average Bonchev–Trinajstić information content (AvgIpc) is 3.66. The van der Waals surface area contributed by atoms with E-state index < -0.39 is 0 Å². The van der Waals surface area contributed by atoms with Gasteiger partial charge in [0, 0.05) is 44.8 Å². The molecule has 0 N–H and O–H groups in total. The molecule has 2 unspecified atom stereocenters. The number of hydrogen-bond acceptors (Lipinski definition) is 2. The lowest BCUT2D eigenvalue weighted by atomic mass is 9.74. The van der Waals surface area contributed by atoms with Crippen LogP contribution in [0.25, 0.3) is 44.5 Å². The predicted molar refractivity (Wildman–Crippen MR) is 176 cm³/mol.